The van der Waals surface area contributed by atoms with Crippen molar-refractivity contribution < 1.29 is 0 Å². The summed E-state index contributed by atoms with van der Waals surface area (Å²) in [5.74, 6) is 0.629. The van der Waals surface area contributed by atoms with Gasteiger partial charge in [0.2, 0.25) is 0 Å². The van der Waals surface area contributed by atoms with Crippen LogP contribution < -0.4 is 5.32 Å². The van der Waals surface area contributed by atoms with E-state index in [-0.39, 0.29) is 11.1 Å². The van der Waals surface area contributed by atoms with E-state index in [4.69, 9.17) is 0 Å². The molecule has 1 aliphatic carbocycles. The Labute approximate surface area is 147 Å². The maximum absolute atomic E-state index is 3.80. The third kappa shape index (κ3) is 3.89. The molecule has 0 amide bonds. The third-order valence-corrected chi connectivity index (χ3v) is 5.21. The standard InChI is InChI=1S/C23H31N/c1-17-14-19(18-10-8-6-7-9-11-18)12-13-21(17)20-15-22(2,3)24-23(4,5)16-20/h6,8-14,20,24H,7,15-16H2,1-5H3. The van der Waals surface area contributed by atoms with Crippen LogP contribution in [0.1, 0.15) is 69.6 Å². The summed E-state index contributed by atoms with van der Waals surface area (Å²) in [7, 11) is 0. The van der Waals surface area contributed by atoms with Crippen molar-refractivity contribution in [2.45, 2.75) is 70.9 Å². The van der Waals surface area contributed by atoms with Crippen molar-refractivity contribution in [3.05, 3.63) is 65.3 Å². The number of piperidine rings is 1. The van der Waals surface area contributed by atoms with E-state index in [2.05, 4.69) is 88.5 Å². The van der Waals surface area contributed by atoms with E-state index in [0.29, 0.717) is 5.92 Å². The molecule has 1 heteroatoms. The number of allylic oxidation sites excluding steroid dienone is 6. The summed E-state index contributed by atoms with van der Waals surface area (Å²) >= 11 is 0. The first-order chi connectivity index (χ1) is 11.3. The largest absolute Gasteiger partial charge is 0.307 e. The topological polar surface area (TPSA) is 12.0 Å². The number of benzene rings is 1. The Morgan fingerprint density at radius 1 is 1.00 bits per heavy atom. The number of hydrogen-bond acceptors (Lipinski definition) is 1. The molecule has 0 saturated carbocycles. The second-order valence-electron chi connectivity index (χ2n) is 8.76. The minimum Gasteiger partial charge on any atom is -0.307 e. The summed E-state index contributed by atoms with van der Waals surface area (Å²) in [5, 5.41) is 3.80. The normalized spacial score (nSPS) is 23.0. The van der Waals surface area contributed by atoms with Crippen molar-refractivity contribution in [2.75, 3.05) is 0 Å². The van der Waals surface area contributed by atoms with Crippen LogP contribution >= 0.6 is 0 Å². The van der Waals surface area contributed by atoms with E-state index >= 15 is 0 Å². The molecule has 0 unspecified atom stereocenters. The number of nitrogens with one attached hydrogen (secondary N) is 1. The first kappa shape index (κ1) is 17.2. The highest BCUT2D eigenvalue weighted by Gasteiger charge is 2.38. The van der Waals surface area contributed by atoms with Gasteiger partial charge in [0, 0.05) is 11.1 Å². The SMILES string of the molecule is Cc1cc(C2=CC=CCC=C2)ccc1C1CC(C)(C)NC(C)(C)C1. The van der Waals surface area contributed by atoms with Crippen molar-refractivity contribution in [1.82, 2.24) is 5.32 Å². The Morgan fingerprint density at radius 2 is 1.71 bits per heavy atom. The molecule has 0 atom stereocenters. The fourth-order valence-corrected chi connectivity index (χ4v) is 4.63. The maximum Gasteiger partial charge on any atom is 0.0135 e. The van der Waals surface area contributed by atoms with Crippen LogP contribution in [0.3, 0.4) is 0 Å². The second-order valence-corrected chi connectivity index (χ2v) is 8.76. The third-order valence-electron chi connectivity index (χ3n) is 5.21. The molecule has 2 aliphatic rings. The fraction of sp³-hybridized carbons (Fsp3) is 0.478. The number of rotatable bonds is 2. The van der Waals surface area contributed by atoms with E-state index in [9.17, 15) is 0 Å². The Morgan fingerprint density at radius 3 is 2.38 bits per heavy atom. The van der Waals surface area contributed by atoms with Gasteiger partial charge in [0.1, 0.15) is 0 Å². The quantitative estimate of drug-likeness (QED) is 0.713. The minimum absolute atomic E-state index is 0.189. The highest BCUT2D eigenvalue weighted by atomic mass is 15.0. The molecule has 128 valence electrons. The first-order valence-electron chi connectivity index (χ1n) is 9.19. The van der Waals surface area contributed by atoms with E-state index < -0.39 is 0 Å². The molecular weight excluding hydrogens is 290 g/mol. The summed E-state index contributed by atoms with van der Waals surface area (Å²) < 4.78 is 0. The van der Waals surface area contributed by atoms with Gasteiger partial charge in [-0.25, -0.2) is 0 Å². The Hall–Kier alpha value is -1.60. The Balaban J connectivity index is 1.90. The first-order valence-corrected chi connectivity index (χ1v) is 9.19. The van der Waals surface area contributed by atoms with Crippen LogP contribution in [0.15, 0.2) is 48.6 Å². The van der Waals surface area contributed by atoms with Crippen LogP contribution in [-0.4, -0.2) is 11.1 Å². The van der Waals surface area contributed by atoms with Gasteiger partial charge < -0.3 is 5.32 Å². The van der Waals surface area contributed by atoms with Crippen LogP contribution in [0.5, 0.6) is 0 Å². The number of hydrogen-bond donors (Lipinski definition) is 1. The summed E-state index contributed by atoms with van der Waals surface area (Å²) in [6.45, 7) is 11.6. The average molecular weight is 322 g/mol. The Bertz CT molecular complexity index is 685. The second kappa shape index (κ2) is 6.37. The molecule has 0 bridgehead atoms. The fourth-order valence-electron chi connectivity index (χ4n) is 4.63. The molecule has 1 aromatic rings. The van der Waals surface area contributed by atoms with Gasteiger partial charge in [0.25, 0.3) is 0 Å². The highest BCUT2D eigenvalue weighted by molar-refractivity contribution is 5.76. The summed E-state index contributed by atoms with van der Waals surface area (Å²) in [6, 6.07) is 7.04. The highest BCUT2D eigenvalue weighted by Crippen LogP contribution is 2.40. The molecule has 24 heavy (non-hydrogen) atoms. The smallest absolute Gasteiger partial charge is 0.0135 e. The van der Waals surface area contributed by atoms with E-state index in [1.165, 1.54) is 35.1 Å². The molecule has 0 spiro atoms. The molecule has 0 aromatic heterocycles. The summed E-state index contributed by atoms with van der Waals surface area (Å²) in [6.07, 6.45) is 14.5. The molecule has 0 radical (unpaired) electrons. The van der Waals surface area contributed by atoms with Crippen LogP contribution in [-0.2, 0) is 0 Å². The van der Waals surface area contributed by atoms with Crippen LogP contribution in [0.4, 0.5) is 0 Å². The van der Waals surface area contributed by atoms with Crippen molar-refractivity contribution >= 4 is 5.57 Å². The van der Waals surface area contributed by atoms with Crippen LogP contribution in [0.2, 0.25) is 0 Å². The lowest BCUT2D eigenvalue weighted by Crippen LogP contribution is -2.57. The molecular formula is C23H31N. The summed E-state index contributed by atoms with van der Waals surface area (Å²) in [5.41, 5.74) is 5.96. The lowest BCUT2D eigenvalue weighted by atomic mass is 9.72. The maximum atomic E-state index is 3.80. The lowest BCUT2D eigenvalue weighted by molar-refractivity contribution is 0.161. The molecule has 1 N–H and O–H groups in total. The molecule has 1 saturated heterocycles. The van der Waals surface area contributed by atoms with Crippen LogP contribution in [0, 0.1) is 6.92 Å². The summed E-state index contributed by atoms with van der Waals surface area (Å²) in [4.78, 5) is 0. The van der Waals surface area contributed by atoms with Gasteiger partial charge in [-0.3, -0.25) is 0 Å². The van der Waals surface area contributed by atoms with E-state index in [1.54, 1.807) is 0 Å². The van der Waals surface area contributed by atoms with E-state index in [0.717, 1.165) is 6.42 Å². The predicted octanol–water partition coefficient (Wildman–Crippen LogP) is 5.92. The predicted molar refractivity (Wildman–Crippen MR) is 105 cm³/mol. The molecule has 1 aromatic carbocycles. The lowest BCUT2D eigenvalue weighted by Gasteiger charge is -2.47. The molecule has 1 fully saturated rings. The molecule has 1 aliphatic heterocycles. The molecule has 3 rings (SSSR count). The zero-order chi connectivity index (χ0) is 17.4. The molecule has 1 heterocycles. The van der Waals surface area contributed by atoms with Crippen LogP contribution in [0.25, 0.3) is 5.57 Å². The van der Waals surface area contributed by atoms with Crippen molar-refractivity contribution in [1.29, 1.82) is 0 Å². The van der Waals surface area contributed by atoms with Gasteiger partial charge in [-0.1, -0.05) is 48.6 Å². The molecule has 1 nitrogen and oxygen atoms in total. The van der Waals surface area contributed by atoms with Gasteiger partial charge in [0.15, 0.2) is 0 Å². The van der Waals surface area contributed by atoms with Crippen molar-refractivity contribution in [3.63, 3.8) is 0 Å². The zero-order valence-electron chi connectivity index (χ0n) is 15.8. The van der Waals surface area contributed by atoms with Crippen molar-refractivity contribution in [2.24, 2.45) is 0 Å². The van der Waals surface area contributed by atoms with Gasteiger partial charge in [-0.15, -0.1) is 0 Å². The van der Waals surface area contributed by atoms with Gasteiger partial charge in [-0.05, 0) is 82.1 Å². The van der Waals surface area contributed by atoms with Gasteiger partial charge in [0.05, 0.1) is 0 Å². The van der Waals surface area contributed by atoms with Crippen molar-refractivity contribution in [3.8, 4) is 0 Å². The monoisotopic (exact) mass is 321 g/mol. The van der Waals surface area contributed by atoms with E-state index in [1.807, 2.05) is 0 Å². The average Bonchev–Trinajstić information content (AvgIpc) is 2.72. The zero-order valence-corrected chi connectivity index (χ0v) is 15.8. The van der Waals surface area contributed by atoms with Gasteiger partial charge >= 0.3 is 0 Å². The number of aryl methyl sites for hydroxylation is 1. The van der Waals surface area contributed by atoms with Gasteiger partial charge in [-0.2, -0.15) is 0 Å². The Kier molecular flexibility index (Phi) is 4.57. The minimum atomic E-state index is 0.189.